The molecule has 2 aliphatic rings. The molecule has 2 amide bonds. The monoisotopic (exact) mass is 289 g/mol. The SMILES string of the molecule is COc1ccc(C(N)=O)cc1NC(=O)C1CC2CCC1N2. The summed E-state index contributed by atoms with van der Waals surface area (Å²) in [6.45, 7) is 0. The molecule has 1 aromatic carbocycles. The van der Waals surface area contributed by atoms with Gasteiger partial charge in [0.05, 0.1) is 18.7 Å². The van der Waals surface area contributed by atoms with Crippen molar-refractivity contribution in [2.75, 3.05) is 12.4 Å². The molecule has 0 saturated carbocycles. The van der Waals surface area contributed by atoms with Gasteiger partial charge in [0.25, 0.3) is 0 Å². The molecule has 112 valence electrons. The molecule has 2 aliphatic heterocycles. The molecule has 0 spiro atoms. The molecule has 3 unspecified atom stereocenters. The van der Waals surface area contributed by atoms with Gasteiger partial charge in [0, 0.05) is 17.6 Å². The lowest BCUT2D eigenvalue weighted by Gasteiger charge is -2.20. The Morgan fingerprint density at radius 2 is 2.19 bits per heavy atom. The number of rotatable bonds is 4. The lowest BCUT2D eigenvalue weighted by molar-refractivity contribution is -0.120. The van der Waals surface area contributed by atoms with Gasteiger partial charge >= 0.3 is 0 Å². The summed E-state index contributed by atoms with van der Waals surface area (Å²) >= 11 is 0. The van der Waals surface area contributed by atoms with Crippen LogP contribution in [0.2, 0.25) is 0 Å². The fourth-order valence-corrected chi connectivity index (χ4v) is 3.30. The Morgan fingerprint density at radius 1 is 1.38 bits per heavy atom. The third-order valence-electron chi connectivity index (χ3n) is 4.38. The Labute approximate surface area is 123 Å². The number of carbonyl (C=O) groups is 2. The van der Waals surface area contributed by atoms with Crippen LogP contribution in [0.25, 0.3) is 0 Å². The van der Waals surface area contributed by atoms with E-state index in [2.05, 4.69) is 10.6 Å². The van der Waals surface area contributed by atoms with E-state index in [1.807, 2.05) is 0 Å². The van der Waals surface area contributed by atoms with E-state index >= 15 is 0 Å². The quantitative estimate of drug-likeness (QED) is 0.767. The second-order valence-corrected chi connectivity index (χ2v) is 5.66. The van der Waals surface area contributed by atoms with E-state index in [1.54, 1.807) is 18.2 Å². The van der Waals surface area contributed by atoms with Crippen LogP contribution in [-0.4, -0.2) is 31.0 Å². The Morgan fingerprint density at radius 3 is 2.76 bits per heavy atom. The minimum Gasteiger partial charge on any atom is -0.495 e. The first kappa shape index (κ1) is 13.9. The molecular weight excluding hydrogens is 270 g/mol. The zero-order valence-electron chi connectivity index (χ0n) is 11.9. The minimum atomic E-state index is -0.533. The number of primary amides is 1. The van der Waals surface area contributed by atoms with Crippen molar-refractivity contribution in [1.82, 2.24) is 5.32 Å². The van der Waals surface area contributed by atoms with Crippen molar-refractivity contribution in [3.05, 3.63) is 23.8 Å². The molecule has 6 nitrogen and oxygen atoms in total. The maximum Gasteiger partial charge on any atom is 0.248 e. The van der Waals surface area contributed by atoms with Crippen molar-refractivity contribution in [2.24, 2.45) is 11.7 Å². The molecular formula is C15H19N3O3. The lowest BCUT2D eigenvalue weighted by atomic mass is 9.88. The number of anilines is 1. The molecule has 2 bridgehead atoms. The van der Waals surface area contributed by atoms with Gasteiger partial charge in [-0.2, -0.15) is 0 Å². The molecule has 0 aromatic heterocycles. The summed E-state index contributed by atoms with van der Waals surface area (Å²) in [5.74, 6) is -0.0699. The van der Waals surface area contributed by atoms with E-state index < -0.39 is 5.91 Å². The van der Waals surface area contributed by atoms with Crippen molar-refractivity contribution < 1.29 is 14.3 Å². The zero-order valence-corrected chi connectivity index (χ0v) is 11.9. The number of hydrogen-bond donors (Lipinski definition) is 3. The lowest BCUT2D eigenvalue weighted by Crippen LogP contribution is -2.33. The highest BCUT2D eigenvalue weighted by molar-refractivity contribution is 5.98. The number of nitrogens with two attached hydrogens (primary N) is 1. The third kappa shape index (κ3) is 2.58. The zero-order chi connectivity index (χ0) is 15.0. The van der Waals surface area contributed by atoms with Crippen LogP contribution in [0.15, 0.2) is 18.2 Å². The molecule has 6 heteroatoms. The van der Waals surface area contributed by atoms with Crippen molar-refractivity contribution >= 4 is 17.5 Å². The summed E-state index contributed by atoms with van der Waals surface area (Å²) in [6.07, 6.45) is 3.06. The van der Waals surface area contributed by atoms with Gasteiger partial charge in [0.15, 0.2) is 0 Å². The first-order valence-corrected chi connectivity index (χ1v) is 7.13. The number of nitrogens with one attached hydrogen (secondary N) is 2. The van der Waals surface area contributed by atoms with Gasteiger partial charge in [0.2, 0.25) is 11.8 Å². The highest BCUT2D eigenvalue weighted by Gasteiger charge is 2.42. The maximum atomic E-state index is 12.4. The average molecular weight is 289 g/mol. The summed E-state index contributed by atoms with van der Waals surface area (Å²) in [4.78, 5) is 23.7. The third-order valence-corrected chi connectivity index (χ3v) is 4.38. The highest BCUT2D eigenvalue weighted by atomic mass is 16.5. The van der Waals surface area contributed by atoms with Crippen LogP contribution >= 0.6 is 0 Å². The minimum absolute atomic E-state index is 0.0225. The van der Waals surface area contributed by atoms with Crippen molar-refractivity contribution in [3.63, 3.8) is 0 Å². The second-order valence-electron chi connectivity index (χ2n) is 5.66. The van der Waals surface area contributed by atoms with E-state index in [0.29, 0.717) is 23.0 Å². The first-order valence-electron chi connectivity index (χ1n) is 7.13. The molecule has 3 atom stereocenters. The summed E-state index contributed by atoms with van der Waals surface area (Å²) < 4.78 is 5.22. The number of carbonyl (C=O) groups excluding carboxylic acids is 2. The van der Waals surface area contributed by atoms with Crippen molar-refractivity contribution in [2.45, 2.75) is 31.3 Å². The maximum absolute atomic E-state index is 12.4. The van der Waals surface area contributed by atoms with Gasteiger partial charge in [-0.15, -0.1) is 0 Å². The van der Waals surface area contributed by atoms with Gasteiger partial charge in [-0.3, -0.25) is 9.59 Å². The summed E-state index contributed by atoms with van der Waals surface area (Å²) in [5.41, 5.74) is 6.11. The normalized spacial score (nSPS) is 26.6. The second kappa shape index (κ2) is 5.37. The van der Waals surface area contributed by atoms with E-state index in [1.165, 1.54) is 7.11 Å². The molecule has 4 N–H and O–H groups in total. The number of benzene rings is 1. The van der Waals surface area contributed by atoms with Crippen LogP contribution < -0.4 is 21.1 Å². The summed E-state index contributed by atoms with van der Waals surface area (Å²) in [7, 11) is 1.52. The van der Waals surface area contributed by atoms with Gasteiger partial charge in [-0.25, -0.2) is 0 Å². The molecule has 21 heavy (non-hydrogen) atoms. The largest absolute Gasteiger partial charge is 0.495 e. The predicted octanol–water partition coefficient (Wildman–Crippen LogP) is 0.873. The van der Waals surface area contributed by atoms with Crippen LogP contribution in [0.4, 0.5) is 5.69 Å². The van der Waals surface area contributed by atoms with Gasteiger partial charge in [0.1, 0.15) is 5.75 Å². The number of hydrogen-bond acceptors (Lipinski definition) is 4. The molecule has 3 rings (SSSR count). The molecule has 2 fully saturated rings. The van der Waals surface area contributed by atoms with Crippen LogP contribution in [0.5, 0.6) is 5.75 Å². The van der Waals surface area contributed by atoms with E-state index in [4.69, 9.17) is 10.5 Å². The Kier molecular flexibility index (Phi) is 3.55. The number of ether oxygens (including phenoxy) is 1. The van der Waals surface area contributed by atoms with E-state index in [0.717, 1.165) is 19.3 Å². The predicted molar refractivity (Wildman–Crippen MR) is 78.2 cm³/mol. The average Bonchev–Trinajstić information content (AvgIpc) is 3.09. The fourth-order valence-electron chi connectivity index (χ4n) is 3.30. The molecule has 0 aliphatic carbocycles. The standard InChI is InChI=1S/C15H19N3O3/c1-21-13-5-2-8(14(16)19)6-12(13)18-15(20)10-7-9-3-4-11(10)17-9/h2,5-6,9-11,17H,3-4,7H2,1H3,(H2,16,19)(H,18,20). The first-order chi connectivity index (χ1) is 10.1. The van der Waals surface area contributed by atoms with Gasteiger partial charge in [-0.05, 0) is 37.5 Å². The summed E-state index contributed by atoms with van der Waals surface area (Å²) in [5, 5.41) is 6.31. The van der Waals surface area contributed by atoms with Crippen molar-refractivity contribution in [1.29, 1.82) is 0 Å². The highest BCUT2D eigenvalue weighted by Crippen LogP contribution is 2.35. The van der Waals surface area contributed by atoms with E-state index in [9.17, 15) is 9.59 Å². The van der Waals surface area contributed by atoms with Gasteiger partial charge < -0.3 is 21.1 Å². The van der Waals surface area contributed by atoms with Gasteiger partial charge in [-0.1, -0.05) is 0 Å². The van der Waals surface area contributed by atoms with Crippen LogP contribution in [0.1, 0.15) is 29.6 Å². The Hall–Kier alpha value is -2.08. The molecule has 2 heterocycles. The van der Waals surface area contributed by atoms with Crippen molar-refractivity contribution in [3.8, 4) is 5.75 Å². The van der Waals surface area contributed by atoms with E-state index in [-0.39, 0.29) is 17.9 Å². The molecule has 0 radical (unpaired) electrons. The topological polar surface area (TPSA) is 93.4 Å². The number of fused-ring (bicyclic) bond motifs is 2. The van der Waals surface area contributed by atoms with Crippen LogP contribution in [0.3, 0.4) is 0 Å². The number of amides is 2. The van der Waals surface area contributed by atoms with Crippen LogP contribution in [0, 0.1) is 5.92 Å². The fraction of sp³-hybridized carbons (Fsp3) is 0.467. The Balaban J connectivity index is 1.78. The Bertz CT molecular complexity index is 588. The molecule has 1 aromatic rings. The summed E-state index contributed by atoms with van der Waals surface area (Å²) in [6, 6.07) is 5.49. The number of methoxy groups -OCH3 is 1. The molecule has 2 saturated heterocycles. The van der Waals surface area contributed by atoms with Crippen LogP contribution in [-0.2, 0) is 4.79 Å². The smallest absolute Gasteiger partial charge is 0.248 e.